The lowest BCUT2D eigenvalue weighted by Gasteiger charge is -2.20. The molecular weight excluding hydrogens is 362 g/mol. The highest BCUT2D eigenvalue weighted by Gasteiger charge is 2.19. The fourth-order valence-electron chi connectivity index (χ4n) is 2.67. The van der Waals surface area contributed by atoms with E-state index in [0.717, 1.165) is 18.0 Å². The van der Waals surface area contributed by atoms with Gasteiger partial charge in [0.1, 0.15) is 5.75 Å². The zero-order chi connectivity index (χ0) is 19.9. The van der Waals surface area contributed by atoms with E-state index in [2.05, 4.69) is 26.1 Å². The van der Waals surface area contributed by atoms with Gasteiger partial charge >= 0.3 is 5.97 Å². The molecule has 0 aliphatic heterocycles. The molecule has 5 heteroatoms. The van der Waals surface area contributed by atoms with E-state index in [1.54, 1.807) is 0 Å². The van der Waals surface area contributed by atoms with E-state index >= 15 is 0 Å². The molecule has 0 saturated heterocycles. The van der Waals surface area contributed by atoms with Crippen LogP contribution in [0.1, 0.15) is 38.3 Å². The third kappa shape index (κ3) is 7.24. The van der Waals surface area contributed by atoms with Crippen LogP contribution in [0.3, 0.4) is 0 Å². The van der Waals surface area contributed by atoms with Crippen molar-refractivity contribution in [2.75, 3.05) is 13.1 Å². The second-order valence-corrected chi connectivity index (χ2v) is 8.07. The standard InChI is InChI=1S/C22H28ClNO3/c1-22(2,3)17-6-10-19(11-7-17)27-20(21(25)26)13-15-24-14-12-16-4-8-18(23)9-5-16/h4-11,20,24H,12-15H2,1-3H3,(H,25,26). The Morgan fingerprint density at radius 3 is 2.26 bits per heavy atom. The van der Waals surface area contributed by atoms with Crippen LogP contribution in [0.2, 0.25) is 5.02 Å². The maximum atomic E-state index is 11.5. The van der Waals surface area contributed by atoms with Crippen LogP contribution in [0.25, 0.3) is 0 Å². The molecule has 0 radical (unpaired) electrons. The molecule has 0 aromatic heterocycles. The predicted molar refractivity (Wildman–Crippen MR) is 110 cm³/mol. The average molecular weight is 390 g/mol. The van der Waals surface area contributed by atoms with Crippen LogP contribution in [-0.4, -0.2) is 30.3 Å². The van der Waals surface area contributed by atoms with Crippen molar-refractivity contribution in [3.8, 4) is 5.75 Å². The first-order chi connectivity index (χ1) is 12.8. The highest BCUT2D eigenvalue weighted by molar-refractivity contribution is 6.30. The lowest BCUT2D eigenvalue weighted by molar-refractivity contribution is -0.145. The number of hydrogen-bond acceptors (Lipinski definition) is 3. The Balaban J connectivity index is 1.78. The highest BCUT2D eigenvalue weighted by Crippen LogP contribution is 2.24. The summed E-state index contributed by atoms with van der Waals surface area (Å²) < 4.78 is 5.67. The van der Waals surface area contributed by atoms with Crippen LogP contribution in [0.15, 0.2) is 48.5 Å². The maximum absolute atomic E-state index is 11.5. The molecule has 27 heavy (non-hydrogen) atoms. The van der Waals surface area contributed by atoms with E-state index < -0.39 is 12.1 Å². The van der Waals surface area contributed by atoms with Gasteiger partial charge in [0.15, 0.2) is 6.10 Å². The molecule has 1 atom stereocenters. The smallest absolute Gasteiger partial charge is 0.344 e. The van der Waals surface area contributed by atoms with Gasteiger partial charge in [-0.1, -0.05) is 56.6 Å². The molecule has 2 aromatic rings. The topological polar surface area (TPSA) is 58.6 Å². The monoisotopic (exact) mass is 389 g/mol. The average Bonchev–Trinajstić information content (AvgIpc) is 2.61. The van der Waals surface area contributed by atoms with E-state index in [9.17, 15) is 9.90 Å². The highest BCUT2D eigenvalue weighted by atomic mass is 35.5. The largest absolute Gasteiger partial charge is 0.479 e. The minimum atomic E-state index is -0.950. The van der Waals surface area contributed by atoms with E-state index in [0.29, 0.717) is 18.7 Å². The number of aliphatic carboxylic acids is 1. The summed E-state index contributed by atoms with van der Waals surface area (Å²) in [6.07, 6.45) is 0.398. The van der Waals surface area contributed by atoms with Crippen molar-refractivity contribution >= 4 is 17.6 Å². The van der Waals surface area contributed by atoms with Gasteiger partial charge in [-0.3, -0.25) is 0 Å². The Hall–Kier alpha value is -2.04. The minimum absolute atomic E-state index is 0.0543. The summed E-state index contributed by atoms with van der Waals surface area (Å²) >= 11 is 5.87. The Bertz CT molecular complexity index is 721. The summed E-state index contributed by atoms with van der Waals surface area (Å²) in [6, 6.07) is 15.4. The third-order valence-electron chi connectivity index (χ3n) is 4.36. The Morgan fingerprint density at radius 2 is 1.70 bits per heavy atom. The first-order valence-corrected chi connectivity index (χ1v) is 9.58. The second kappa shape index (κ2) is 9.77. The second-order valence-electron chi connectivity index (χ2n) is 7.63. The molecule has 0 bridgehead atoms. The normalized spacial score (nSPS) is 12.6. The van der Waals surface area contributed by atoms with Crippen LogP contribution in [-0.2, 0) is 16.6 Å². The molecule has 0 aliphatic carbocycles. The predicted octanol–water partition coefficient (Wildman–Crippen LogP) is 4.69. The van der Waals surface area contributed by atoms with E-state index in [1.165, 1.54) is 11.1 Å². The summed E-state index contributed by atoms with van der Waals surface area (Å²) in [5.41, 5.74) is 2.43. The van der Waals surface area contributed by atoms with Crippen molar-refractivity contribution in [2.24, 2.45) is 0 Å². The maximum Gasteiger partial charge on any atom is 0.344 e. The first-order valence-electron chi connectivity index (χ1n) is 9.21. The van der Waals surface area contributed by atoms with Crippen LogP contribution >= 0.6 is 11.6 Å². The third-order valence-corrected chi connectivity index (χ3v) is 4.61. The van der Waals surface area contributed by atoms with Crippen LogP contribution < -0.4 is 10.1 Å². The van der Waals surface area contributed by atoms with Crippen molar-refractivity contribution in [1.29, 1.82) is 0 Å². The molecule has 4 nitrogen and oxygen atoms in total. The van der Waals surface area contributed by atoms with Gasteiger partial charge < -0.3 is 15.2 Å². The molecule has 0 heterocycles. The molecule has 1 unspecified atom stereocenters. The van der Waals surface area contributed by atoms with E-state index in [4.69, 9.17) is 16.3 Å². The van der Waals surface area contributed by atoms with Crippen LogP contribution in [0.5, 0.6) is 5.75 Å². The number of ether oxygens (including phenoxy) is 1. The summed E-state index contributed by atoms with van der Waals surface area (Å²) in [5.74, 6) is -0.369. The molecule has 2 N–H and O–H groups in total. The number of carboxylic acids is 1. The number of halogens is 1. The lowest BCUT2D eigenvalue weighted by atomic mass is 9.87. The van der Waals surface area contributed by atoms with Gasteiger partial charge in [0, 0.05) is 11.4 Å². The van der Waals surface area contributed by atoms with Crippen molar-refractivity contribution in [3.63, 3.8) is 0 Å². The number of carbonyl (C=O) groups is 1. The summed E-state index contributed by atoms with van der Waals surface area (Å²) in [5, 5.41) is 13.4. The van der Waals surface area contributed by atoms with Crippen molar-refractivity contribution in [3.05, 3.63) is 64.7 Å². The number of carboxylic acid groups (broad SMARTS) is 1. The van der Waals surface area contributed by atoms with Crippen LogP contribution in [0, 0.1) is 0 Å². The summed E-state index contributed by atoms with van der Waals surface area (Å²) in [6.45, 7) is 7.76. The number of hydrogen-bond donors (Lipinski definition) is 2. The van der Waals surface area contributed by atoms with Crippen molar-refractivity contribution in [2.45, 2.75) is 45.1 Å². The van der Waals surface area contributed by atoms with Gasteiger partial charge in [0.25, 0.3) is 0 Å². The van der Waals surface area contributed by atoms with Crippen LogP contribution in [0.4, 0.5) is 0 Å². The summed E-state index contributed by atoms with van der Waals surface area (Å²) in [7, 11) is 0. The Labute approximate surface area is 166 Å². The van der Waals surface area contributed by atoms with Crippen molar-refractivity contribution in [1.82, 2.24) is 5.32 Å². The number of benzene rings is 2. The fraction of sp³-hybridized carbons (Fsp3) is 0.409. The van der Waals surface area contributed by atoms with Gasteiger partial charge in [-0.2, -0.15) is 0 Å². The van der Waals surface area contributed by atoms with E-state index in [1.807, 2.05) is 48.5 Å². The molecule has 0 spiro atoms. The first kappa shape index (κ1) is 21.3. The molecule has 2 aromatic carbocycles. The molecular formula is C22H28ClNO3. The minimum Gasteiger partial charge on any atom is -0.479 e. The molecule has 0 saturated carbocycles. The lowest BCUT2D eigenvalue weighted by Crippen LogP contribution is -2.32. The fourth-order valence-corrected chi connectivity index (χ4v) is 2.80. The van der Waals surface area contributed by atoms with Gasteiger partial charge in [0.05, 0.1) is 0 Å². The molecule has 0 fully saturated rings. The van der Waals surface area contributed by atoms with Gasteiger partial charge in [-0.05, 0) is 60.3 Å². The molecule has 146 valence electrons. The van der Waals surface area contributed by atoms with Gasteiger partial charge in [-0.25, -0.2) is 4.79 Å². The van der Waals surface area contributed by atoms with Gasteiger partial charge in [0.2, 0.25) is 0 Å². The zero-order valence-electron chi connectivity index (χ0n) is 16.2. The Kier molecular flexibility index (Phi) is 7.69. The quantitative estimate of drug-likeness (QED) is 0.611. The molecule has 2 rings (SSSR count). The molecule has 0 amide bonds. The summed E-state index contributed by atoms with van der Waals surface area (Å²) in [4.78, 5) is 11.5. The SMILES string of the molecule is CC(C)(C)c1ccc(OC(CCNCCc2ccc(Cl)cc2)C(=O)O)cc1. The van der Waals surface area contributed by atoms with E-state index in [-0.39, 0.29) is 5.41 Å². The molecule has 0 aliphatic rings. The van der Waals surface area contributed by atoms with Gasteiger partial charge in [-0.15, -0.1) is 0 Å². The Morgan fingerprint density at radius 1 is 1.07 bits per heavy atom. The number of rotatable bonds is 9. The van der Waals surface area contributed by atoms with Crippen molar-refractivity contribution < 1.29 is 14.6 Å². The number of nitrogens with one attached hydrogen (secondary N) is 1. The zero-order valence-corrected chi connectivity index (χ0v) is 16.9.